The van der Waals surface area contributed by atoms with Crippen LogP contribution in [0, 0.1) is 5.82 Å². The lowest BCUT2D eigenvalue weighted by molar-refractivity contribution is 0.360. The number of hydrogen-bond donors (Lipinski definition) is 1. The van der Waals surface area contributed by atoms with E-state index in [1.807, 2.05) is 0 Å². The van der Waals surface area contributed by atoms with Crippen molar-refractivity contribution in [3.8, 4) is 5.88 Å². The van der Waals surface area contributed by atoms with Crippen LogP contribution < -0.4 is 10.1 Å². The number of benzene rings is 1. The van der Waals surface area contributed by atoms with Crippen LogP contribution in [-0.2, 0) is 10.0 Å². The van der Waals surface area contributed by atoms with Gasteiger partial charge in [-0.1, -0.05) is 0 Å². The lowest BCUT2D eigenvalue weighted by Gasteiger charge is -2.27. The quantitative estimate of drug-likeness (QED) is 0.911. The van der Waals surface area contributed by atoms with E-state index in [0.29, 0.717) is 26.2 Å². The van der Waals surface area contributed by atoms with Gasteiger partial charge in [0.1, 0.15) is 5.82 Å². The lowest BCUT2D eigenvalue weighted by atomic mass is 10.1. The maximum atomic E-state index is 14.1. The molecule has 0 amide bonds. The van der Waals surface area contributed by atoms with Crippen LogP contribution in [0.3, 0.4) is 0 Å². The van der Waals surface area contributed by atoms with Crippen molar-refractivity contribution in [2.24, 2.45) is 0 Å². The number of halogens is 1. The van der Waals surface area contributed by atoms with Crippen molar-refractivity contribution in [3.05, 3.63) is 30.2 Å². The normalized spacial score (nSPS) is 16.8. The van der Waals surface area contributed by atoms with Gasteiger partial charge in [0.15, 0.2) is 0 Å². The number of piperazine rings is 1. The number of nitrogens with one attached hydrogen (secondary N) is 1. The standard InChI is InChI=1S/C14H16FN3O3S/c1-21-14-13-10(4-5-17-14)12(3-2-11(13)15)22(19,20)18-8-6-16-7-9-18/h2-5,16H,6-9H2,1H3. The van der Waals surface area contributed by atoms with E-state index in [1.54, 1.807) is 0 Å². The Hall–Kier alpha value is -1.77. The highest BCUT2D eigenvalue weighted by molar-refractivity contribution is 7.89. The molecular formula is C14H16FN3O3S. The van der Waals surface area contributed by atoms with Crippen LogP contribution in [0.5, 0.6) is 5.88 Å². The van der Waals surface area contributed by atoms with Crippen LogP contribution >= 0.6 is 0 Å². The zero-order chi connectivity index (χ0) is 15.7. The molecule has 118 valence electrons. The Morgan fingerprint density at radius 1 is 1.27 bits per heavy atom. The molecule has 6 nitrogen and oxygen atoms in total. The highest BCUT2D eigenvalue weighted by Gasteiger charge is 2.28. The van der Waals surface area contributed by atoms with Crippen molar-refractivity contribution in [1.82, 2.24) is 14.6 Å². The summed E-state index contributed by atoms with van der Waals surface area (Å²) in [7, 11) is -2.31. The minimum atomic E-state index is -3.69. The lowest BCUT2D eigenvalue weighted by Crippen LogP contribution is -2.46. The number of ether oxygens (including phenoxy) is 1. The molecule has 0 unspecified atom stereocenters. The predicted octanol–water partition coefficient (Wildman–Crippen LogP) is 0.976. The second kappa shape index (κ2) is 5.79. The molecule has 1 aromatic heterocycles. The van der Waals surface area contributed by atoms with E-state index < -0.39 is 15.8 Å². The first-order valence-electron chi connectivity index (χ1n) is 6.88. The van der Waals surface area contributed by atoms with Crippen LogP contribution in [0.25, 0.3) is 10.8 Å². The molecule has 22 heavy (non-hydrogen) atoms. The topological polar surface area (TPSA) is 71.5 Å². The molecule has 1 N–H and O–H groups in total. The molecule has 0 saturated carbocycles. The van der Waals surface area contributed by atoms with Crippen molar-refractivity contribution in [2.45, 2.75) is 4.90 Å². The molecule has 0 atom stereocenters. The summed E-state index contributed by atoms with van der Waals surface area (Å²) in [6.45, 7) is 1.99. The maximum absolute atomic E-state index is 14.1. The summed E-state index contributed by atoms with van der Waals surface area (Å²) in [5.41, 5.74) is 0. The third-order valence-corrected chi connectivity index (χ3v) is 5.65. The largest absolute Gasteiger partial charge is 0.480 e. The number of hydrogen-bond acceptors (Lipinski definition) is 5. The van der Waals surface area contributed by atoms with Crippen molar-refractivity contribution in [3.63, 3.8) is 0 Å². The molecule has 1 aliphatic rings. The summed E-state index contributed by atoms with van der Waals surface area (Å²) >= 11 is 0. The Balaban J connectivity index is 2.21. The van der Waals surface area contributed by atoms with Gasteiger partial charge in [-0.25, -0.2) is 17.8 Å². The third-order valence-electron chi connectivity index (χ3n) is 3.69. The van der Waals surface area contributed by atoms with Gasteiger partial charge in [-0.2, -0.15) is 4.31 Å². The van der Waals surface area contributed by atoms with Crippen molar-refractivity contribution in [2.75, 3.05) is 33.3 Å². The average molecular weight is 325 g/mol. The number of rotatable bonds is 3. The Kier molecular flexibility index (Phi) is 3.98. The van der Waals surface area contributed by atoms with Crippen LogP contribution in [0.2, 0.25) is 0 Å². The summed E-state index contributed by atoms with van der Waals surface area (Å²) in [5.74, 6) is -0.480. The van der Waals surface area contributed by atoms with Gasteiger partial charge in [0.2, 0.25) is 15.9 Å². The van der Waals surface area contributed by atoms with E-state index in [4.69, 9.17) is 4.74 Å². The van der Waals surface area contributed by atoms with Crippen LogP contribution in [0.15, 0.2) is 29.3 Å². The summed E-state index contributed by atoms with van der Waals surface area (Å²) < 4.78 is 46.2. The molecule has 0 radical (unpaired) electrons. The molecule has 1 saturated heterocycles. The number of fused-ring (bicyclic) bond motifs is 1. The van der Waals surface area contributed by atoms with Gasteiger partial charge in [-0.05, 0) is 18.2 Å². The summed E-state index contributed by atoms with van der Waals surface area (Å²) in [6, 6.07) is 3.94. The smallest absolute Gasteiger partial charge is 0.243 e. The maximum Gasteiger partial charge on any atom is 0.243 e. The van der Waals surface area contributed by atoms with E-state index >= 15 is 0 Å². The molecule has 0 bridgehead atoms. The van der Waals surface area contributed by atoms with Gasteiger partial charge in [0, 0.05) is 37.8 Å². The minimum Gasteiger partial charge on any atom is -0.480 e. The Labute approximate surface area is 128 Å². The Morgan fingerprint density at radius 2 is 2.00 bits per heavy atom. The first-order chi connectivity index (χ1) is 10.6. The molecular weight excluding hydrogens is 309 g/mol. The van der Waals surface area contributed by atoms with Gasteiger partial charge in [-0.15, -0.1) is 0 Å². The molecule has 2 aromatic rings. The molecule has 8 heteroatoms. The van der Waals surface area contributed by atoms with Crippen molar-refractivity contribution >= 4 is 20.8 Å². The van der Waals surface area contributed by atoms with Gasteiger partial charge >= 0.3 is 0 Å². The Morgan fingerprint density at radius 3 is 2.68 bits per heavy atom. The van der Waals surface area contributed by atoms with Crippen LogP contribution in [-0.4, -0.2) is 51.0 Å². The molecule has 3 rings (SSSR count). The molecule has 1 aromatic carbocycles. The second-order valence-electron chi connectivity index (χ2n) is 4.94. The van der Waals surface area contributed by atoms with Crippen molar-refractivity contribution in [1.29, 1.82) is 0 Å². The molecule has 1 aliphatic heterocycles. The predicted molar refractivity (Wildman–Crippen MR) is 79.9 cm³/mol. The summed E-state index contributed by atoms with van der Waals surface area (Å²) in [5, 5.41) is 3.47. The van der Waals surface area contributed by atoms with Gasteiger partial charge in [0.05, 0.1) is 17.4 Å². The van der Waals surface area contributed by atoms with Gasteiger partial charge in [-0.3, -0.25) is 0 Å². The SMILES string of the molecule is COc1nccc2c(S(=O)(=O)N3CCNCC3)ccc(F)c12. The highest BCUT2D eigenvalue weighted by atomic mass is 32.2. The molecule has 1 fully saturated rings. The fourth-order valence-corrected chi connectivity index (χ4v) is 4.23. The second-order valence-corrected chi connectivity index (χ2v) is 6.85. The van der Waals surface area contributed by atoms with Crippen molar-refractivity contribution < 1.29 is 17.5 Å². The molecule has 0 spiro atoms. The van der Waals surface area contributed by atoms with E-state index in [2.05, 4.69) is 10.3 Å². The van der Waals surface area contributed by atoms with Crippen LogP contribution in [0.4, 0.5) is 4.39 Å². The van der Waals surface area contributed by atoms with E-state index in [-0.39, 0.29) is 21.5 Å². The highest BCUT2D eigenvalue weighted by Crippen LogP contribution is 2.32. The van der Waals surface area contributed by atoms with E-state index in [9.17, 15) is 12.8 Å². The number of sulfonamides is 1. The number of aromatic nitrogens is 1. The minimum absolute atomic E-state index is 0.0755. The van der Waals surface area contributed by atoms with Gasteiger partial charge in [0.25, 0.3) is 0 Å². The monoisotopic (exact) mass is 325 g/mol. The zero-order valence-electron chi connectivity index (χ0n) is 12.0. The van der Waals surface area contributed by atoms with E-state index in [0.717, 1.165) is 6.07 Å². The van der Waals surface area contributed by atoms with E-state index in [1.165, 1.54) is 29.7 Å². The fraction of sp³-hybridized carbons (Fsp3) is 0.357. The first kappa shape index (κ1) is 15.1. The number of nitrogens with zero attached hydrogens (tertiary/aromatic N) is 2. The Bertz CT molecular complexity index is 804. The van der Waals surface area contributed by atoms with Gasteiger partial charge < -0.3 is 10.1 Å². The van der Waals surface area contributed by atoms with Crippen LogP contribution in [0.1, 0.15) is 0 Å². The summed E-state index contributed by atoms with van der Waals surface area (Å²) in [4.78, 5) is 4.02. The number of pyridine rings is 1. The average Bonchev–Trinajstić information content (AvgIpc) is 2.55. The zero-order valence-corrected chi connectivity index (χ0v) is 12.9. The molecule has 0 aliphatic carbocycles. The fourth-order valence-electron chi connectivity index (χ4n) is 2.60. The third kappa shape index (κ3) is 2.43. The molecule has 2 heterocycles. The number of methoxy groups -OCH3 is 1. The summed E-state index contributed by atoms with van der Waals surface area (Å²) in [6.07, 6.45) is 1.41. The first-order valence-corrected chi connectivity index (χ1v) is 8.32.